The topological polar surface area (TPSA) is 53.8 Å². The highest BCUT2D eigenvalue weighted by Gasteiger charge is 2.26. The minimum Gasteiger partial charge on any atom is -0.459 e. The third-order valence-corrected chi connectivity index (χ3v) is 4.15. The van der Waals surface area contributed by atoms with Crippen LogP contribution in [0.15, 0.2) is 45.5 Å². The third kappa shape index (κ3) is 3.44. The number of hydrogen-bond acceptors (Lipinski definition) is 3. The average Bonchev–Trinajstić information content (AvgIpc) is 3.07. The van der Waals surface area contributed by atoms with E-state index in [1.54, 1.807) is 28.0 Å². The van der Waals surface area contributed by atoms with Crippen molar-refractivity contribution < 1.29 is 18.4 Å². The van der Waals surface area contributed by atoms with E-state index in [2.05, 4.69) is 15.9 Å². The quantitative estimate of drug-likeness (QED) is 0.804. The van der Waals surface area contributed by atoms with Crippen LogP contribution in [0.4, 0.5) is 4.39 Å². The average molecular weight is 381 g/mol. The van der Waals surface area contributed by atoms with Crippen molar-refractivity contribution in [3.8, 4) is 0 Å². The zero-order valence-corrected chi connectivity index (χ0v) is 13.8. The molecule has 2 amide bonds. The second kappa shape index (κ2) is 6.54. The summed E-state index contributed by atoms with van der Waals surface area (Å²) >= 11 is 3.18. The highest BCUT2D eigenvalue weighted by molar-refractivity contribution is 9.10. The van der Waals surface area contributed by atoms with Crippen molar-refractivity contribution in [2.45, 2.75) is 0 Å². The molecule has 0 unspecified atom stereocenters. The van der Waals surface area contributed by atoms with E-state index in [4.69, 9.17) is 4.42 Å². The van der Waals surface area contributed by atoms with E-state index < -0.39 is 5.82 Å². The van der Waals surface area contributed by atoms with E-state index in [0.29, 0.717) is 42.0 Å². The van der Waals surface area contributed by atoms with Crippen LogP contribution < -0.4 is 0 Å². The molecule has 3 rings (SSSR count). The molecule has 1 aliphatic rings. The van der Waals surface area contributed by atoms with Crippen molar-refractivity contribution in [3.63, 3.8) is 0 Å². The van der Waals surface area contributed by atoms with Crippen molar-refractivity contribution in [1.29, 1.82) is 0 Å². The van der Waals surface area contributed by atoms with Gasteiger partial charge in [-0.2, -0.15) is 0 Å². The van der Waals surface area contributed by atoms with E-state index in [0.717, 1.165) is 0 Å². The molecule has 1 aliphatic heterocycles. The van der Waals surface area contributed by atoms with E-state index in [-0.39, 0.29) is 11.8 Å². The van der Waals surface area contributed by atoms with E-state index in [1.165, 1.54) is 18.4 Å². The monoisotopic (exact) mass is 380 g/mol. The summed E-state index contributed by atoms with van der Waals surface area (Å²) in [7, 11) is 0. The standard InChI is InChI=1S/C16H14BrFN2O3/c17-12-8-11(9-13(18)10-12)15(21)19-3-5-20(6-4-19)16(22)14-2-1-7-23-14/h1-2,7-10H,3-6H2. The molecule has 1 fully saturated rings. The minimum atomic E-state index is -0.464. The van der Waals surface area contributed by atoms with Crippen LogP contribution in [0.3, 0.4) is 0 Å². The van der Waals surface area contributed by atoms with Crippen molar-refractivity contribution in [1.82, 2.24) is 9.80 Å². The summed E-state index contributed by atoms with van der Waals surface area (Å²) in [4.78, 5) is 27.9. The van der Waals surface area contributed by atoms with Crippen molar-refractivity contribution in [2.75, 3.05) is 26.2 Å². The van der Waals surface area contributed by atoms with E-state index in [1.807, 2.05) is 0 Å². The molecule has 0 bridgehead atoms. The fourth-order valence-electron chi connectivity index (χ4n) is 2.53. The molecule has 0 atom stereocenters. The number of hydrogen-bond donors (Lipinski definition) is 0. The van der Waals surface area contributed by atoms with Gasteiger partial charge in [-0.3, -0.25) is 9.59 Å². The van der Waals surface area contributed by atoms with Crippen molar-refractivity contribution >= 4 is 27.7 Å². The number of nitrogens with zero attached hydrogens (tertiary/aromatic N) is 2. The molecule has 1 saturated heterocycles. The maximum Gasteiger partial charge on any atom is 0.289 e. The molecule has 0 N–H and O–H groups in total. The van der Waals surface area contributed by atoms with Gasteiger partial charge in [0.2, 0.25) is 0 Å². The lowest BCUT2D eigenvalue weighted by Gasteiger charge is -2.34. The zero-order chi connectivity index (χ0) is 16.4. The van der Waals surface area contributed by atoms with Crippen LogP contribution in [0.25, 0.3) is 0 Å². The maximum absolute atomic E-state index is 13.4. The smallest absolute Gasteiger partial charge is 0.289 e. The minimum absolute atomic E-state index is 0.185. The fourth-order valence-corrected chi connectivity index (χ4v) is 2.99. The number of benzene rings is 1. The van der Waals surface area contributed by atoms with Gasteiger partial charge in [-0.05, 0) is 30.3 Å². The molecule has 5 nitrogen and oxygen atoms in total. The molecule has 2 heterocycles. The van der Waals surface area contributed by atoms with E-state index >= 15 is 0 Å². The Labute approximate surface area is 140 Å². The Morgan fingerprint density at radius 3 is 2.26 bits per heavy atom. The van der Waals surface area contributed by atoms with E-state index in [9.17, 15) is 14.0 Å². The van der Waals surface area contributed by atoms with Crippen LogP contribution in [0.2, 0.25) is 0 Å². The molecule has 0 saturated carbocycles. The van der Waals surface area contributed by atoms with Crippen molar-refractivity contribution in [3.05, 3.63) is 58.2 Å². The Balaban J connectivity index is 1.64. The molecule has 120 valence electrons. The fraction of sp³-hybridized carbons (Fsp3) is 0.250. The summed E-state index contributed by atoms with van der Waals surface area (Å²) in [6, 6.07) is 7.38. The van der Waals surface area contributed by atoms with Crippen LogP contribution >= 0.6 is 15.9 Å². The van der Waals surface area contributed by atoms with Gasteiger partial charge in [0.15, 0.2) is 5.76 Å². The number of piperazine rings is 1. The molecular weight excluding hydrogens is 367 g/mol. The largest absolute Gasteiger partial charge is 0.459 e. The molecule has 0 aliphatic carbocycles. The summed E-state index contributed by atoms with van der Waals surface area (Å²) in [6.07, 6.45) is 1.45. The maximum atomic E-state index is 13.4. The Hall–Kier alpha value is -2.15. The predicted octanol–water partition coefficient (Wildman–Crippen LogP) is 2.78. The number of amides is 2. The van der Waals surface area contributed by atoms with Gasteiger partial charge in [0.05, 0.1) is 6.26 Å². The van der Waals surface area contributed by atoms with Crippen LogP contribution in [0.5, 0.6) is 0 Å². The second-order valence-corrected chi connectivity index (χ2v) is 6.14. The first-order chi connectivity index (χ1) is 11.0. The lowest BCUT2D eigenvalue weighted by Crippen LogP contribution is -2.50. The number of furan rings is 1. The van der Waals surface area contributed by atoms with Crippen LogP contribution in [0, 0.1) is 5.82 Å². The number of rotatable bonds is 2. The van der Waals surface area contributed by atoms with Gasteiger partial charge in [0.25, 0.3) is 11.8 Å². The molecule has 1 aromatic carbocycles. The molecule has 23 heavy (non-hydrogen) atoms. The van der Waals surface area contributed by atoms with Gasteiger partial charge in [0, 0.05) is 36.2 Å². The predicted molar refractivity (Wildman–Crippen MR) is 84.6 cm³/mol. The highest BCUT2D eigenvalue weighted by atomic mass is 79.9. The molecule has 7 heteroatoms. The Morgan fingerprint density at radius 1 is 1.04 bits per heavy atom. The SMILES string of the molecule is O=C(c1cc(F)cc(Br)c1)N1CCN(C(=O)c2ccco2)CC1. The summed E-state index contributed by atoms with van der Waals surface area (Å²) < 4.78 is 19.0. The molecule has 0 radical (unpaired) electrons. The summed E-state index contributed by atoms with van der Waals surface area (Å²) in [5.74, 6) is -0.598. The molecule has 0 spiro atoms. The van der Waals surface area contributed by atoms with Crippen molar-refractivity contribution in [2.24, 2.45) is 0 Å². The van der Waals surface area contributed by atoms with Gasteiger partial charge in [-0.25, -0.2) is 4.39 Å². The normalized spacial score (nSPS) is 14.9. The number of halogens is 2. The molecule has 1 aromatic heterocycles. The molecule has 2 aromatic rings. The number of carbonyl (C=O) groups is 2. The van der Waals surface area contributed by atoms with Gasteiger partial charge in [-0.15, -0.1) is 0 Å². The molecular formula is C16H14BrFN2O3. The van der Waals surface area contributed by atoms with Crippen LogP contribution in [-0.4, -0.2) is 47.8 Å². The summed E-state index contributed by atoms with van der Waals surface area (Å²) in [6.45, 7) is 1.64. The highest BCUT2D eigenvalue weighted by Crippen LogP contribution is 2.18. The Morgan fingerprint density at radius 2 is 1.70 bits per heavy atom. The second-order valence-electron chi connectivity index (χ2n) is 5.22. The van der Waals surface area contributed by atoms with Crippen LogP contribution in [0.1, 0.15) is 20.9 Å². The number of carbonyl (C=O) groups excluding carboxylic acids is 2. The lowest BCUT2D eigenvalue weighted by molar-refractivity contribution is 0.0518. The first-order valence-electron chi connectivity index (χ1n) is 7.13. The van der Waals surface area contributed by atoms with Gasteiger partial charge < -0.3 is 14.2 Å². The third-order valence-electron chi connectivity index (χ3n) is 3.70. The van der Waals surface area contributed by atoms with Crippen LogP contribution in [-0.2, 0) is 0 Å². The first kappa shape index (κ1) is 15.7. The summed E-state index contributed by atoms with van der Waals surface area (Å²) in [5.41, 5.74) is 0.294. The summed E-state index contributed by atoms with van der Waals surface area (Å²) in [5, 5.41) is 0. The van der Waals surface area contributed by atoms with Gasteiger partial charge in [0.1, 0.15) is 5.82 Å². The Kier molecular flexibility index (Phi) is 4.47. The zero-order valence-electron chi connectivity index (χ0n) is 12.2. The first-order valence-corrected chi connectivity index (χ1v) is 7.92. The van der Waals surface area contributed by atoms with Gasteiger partial charge >= 0.3 is 0 Å². The lowest BCUT2D eigenvalue weighted by atomic mass is 10.1. The Bertz CT molecular complexity index is 705. The van der Waals surface area contributed by atoms with Gasteiger partial charge in [-0.1, -0.05) is 15.9 Å².